The van der Waals surface area contributed by atoms with Gasteiger partial charge in [0.05, 0.1) is 17.8 Å². The van der Waals surface area contributed by atoms with Gasteiger partial charge >= 0.3 is 0 Å². The Hall–Kier alpha value is -1.36. The highest BCUT2D eigenvalue weighted by atomic mass is 16.5. The predicted octanol–water partition coefficient (Wildman–Crippen LogP) is 1.56. The second kappa shape index (κ2) is 5.10. The van der Waals surface area contributed by atoms with Crippen LogP contribution >= 0.6 is 0 Å². The lowest BCUT2D eigenvalue weighted by atomic mass is 9.99. The lowest BCUT2D eigenvalue weighted by Crippen LogP contribution is -2.50. The maximum absolute atomic E-state index is 12.3. The number of carbonyl (C=O) groups is 1. The Kier molecular flexibility index (Phi) is 3.71. The molecule has 0 spiro atoms. The molecular weight excluding hydrogens is 230 g/mol. The Morgan fingerprint density at radius 1 is 1.50 bits per heavy atom. The highest BCUT2D eigenvalue weighted by Gasteiger charge is 2.33. The highest BCUT2D eigenvalue weighted by molar-refractivity contribution is 5.83. The molecule has 2 rings (SSSR count). The number of likely N-dealkylation sites (tertiary alicyclic amines) is 1. The number of piperidine rings is 1. The van der Waals surface area contributed by atoms with Crippen LogP contribution in [-0.2, 0) is 4.79 Å². The van der Waals surface area contributed by atoms with Gasteiger partial charge in [-0.2, -0.15) is 0 Å². The largest absolute Gasteiger partial charge is 0.361 e. The van der Waals surface area contributed by atoms with Gasteiger partial charge in [0.2, 0.25) is 5.91 Å². The van der Waals surface area contributed by atoms with E-state index in [0.717, 1.165) is 36.4 Å². The van der Waals surface area contributed by atoms with Gasteiger partial charge in [-0.3, -0.25) is 4.79 Å². The quantitative estimate of drug-likeness (QED) is 0.885. The van der Waals surface area contributed by atoms with Gasteiger partial charge in [-0.05, 0) is 40.7 Å². The first-order valence-corrected chi connectivity index (χ1v) is 6.46. The first kappa shape index (κ1) is 13.1. The van der Waals surface area contributed by atoms with Crippen molar-refractivity contribution < 1.29 is 9.32 Å². The van der Waals surface area contributed by atoms with E-state index in [0.29, 0.717) is 0 Å². The fraction of sp³-hybridized carbons (Fsp3) is 0.692. The summed E-state index contributed by atoms with van der Waals surface area (Å²) in [5.74, 6) is 0.982. The maximum Gasteiger partial charge on any atom is 0.240 e. The van der Waals surface area contributed by atoms with Crippen LogP contribution in [0.15, 0.2) is 4.52 Å². The number of hydrogen-bond donors (Lipinski definition) is 1. The Labute approximate surface area is 108 Å². The standard InChI is InChI=1S/C13H21N3O2/c1-8-12(10(3)18-15-8)9(2)16-7-5-6-11(14-4)13(16)17/h9,11,14H,5-7H2,1-4H3. The molecule has 1 aliphatic rings. The van der Waals surface area contributed by atoms with Crippen molar-refractivity contribution in [3.05, 3.63) is 17.0 Å². The van der Waals surface area contributed by atoms with Gasteiger partial charge in [0.25, 0.3) is 0 Å². The van der Waals surface area contributed by atoms with Crippen LogP contribution in [0.3, 0.4) is 0 Å². The van der Waals surface area contributed by atoms with Crippen molar-refractivity contribution in [3.8, 4) is 0 Å². The van der Waals surface area contributed by atoms with Crippen LogP contribution in [0.1, 0.15) is 42.8 Å². The minimum absolute atomic E-state index is 0.0277. The van der Waals surface area contributed by atoms with Crippen molar-refractivity contribution in [1.82, 2.24) is 15.4 Å². The molecule has 0 aliphatic carbocycles. The molecule has 0 bridgehead atoms. The van der Waals surface area contributed by atoms with Crippen LogP contribution in [0, 0.1) is 13.8 Å². The Balaban J connectivity index is 2.23. The van der Waals surface area contributed by atoms with E-state index in [1.807, 2.05) is 32.7 Å². The van der Waals surface area contributed by atoms with Crippen LogP contribution in [0.25, 0.3) is 0 Å². The van der Waals surface area contributed by atoms with Gasteiger partial charge in [-0.15, -0.1) is 0 Å². The molecule has 1 aliphatic heterocycles. The van der Waals surface area contributed by atoms with E-state index >= 15 is 0 Å². The molecule has 0 aromatic carbocycles. The number of likely N-dealkylation sites (N-methyl/N-ethyl adjacent to an activating group) is 1. The summed E-state index contributed by atoms with van der Waals surface area (Å²) in [5.41, 5.74) is 1.92. The van der Waals surface area contributed by atoms with E-state index in [-0.39, 0.29) is 18.0 Å². The summed E-state index contributed by atoms with van der Waals surface area (Å²) in [6, 6.07) is -0.0263. The molecule has 1 amide bonds. The minimum Gasteiger partial charge on any atom is -0.361 e. The summed E-state index contributed by atoms with van der Waals surface area (Å²) in [6.45, 7) is 6.67. The molecule has 1 fully saturated rings. The molecule has 18 heavy (non-hydrogen) atoms. The summed E-state index contributed by atoms with van der Waals surface area (Å²) in [5, 5.41) is 7.05. The molecule has 2 heterocycles. The van der Waals surface area contributed by atoms with Gasteiger partial charge in [-0.25, -0.2) is 0 Å². The van der Waals surface area contributed by atoms with Gasteiger partial charge in [0.15, 0.2) is 0 Å². The molecule has 1 N–H and O–H groups in total. The van der Waals surface area contributed by atoms with E-state index in [1.165, 1.54) is 0 Å². The fourth-order valence-electron chi connectivity index (χ4n) is 2.79. The van der Waals surface area contributed by atoms with E-state index < -0.39 is 0 Å². The second-order valence-electron chi connectivity index (χ2n) is 4.93. The lowest BCUT2D eigenvalue weighted by Gasteiger charge is -2.36. The van der Waals surface area contributed by atoms with Crippen molar-refractivity contribution in [2.24, 2.45) is 0 Å². The van der Waals surface area contributed by atoms with Crippen LogP contribution in [0.4, 0.5) is 0 Å². The number of nitrogens with one attached hydrogen (secondary N) is 1. The summed E-state index contributed by atoms with van der Waals surface area (Å²) >= 11 is 0. The van der Waals surface area contributed by atoms with Gasteiger partial charge in [0, 0.05) is 12.1 Å². The summed E-state index contributed by atoms with van der Waals surface area (Å²) in [4.78, 5) is 14.3. The fourth-order valence-corrected chi connectivity index (χ4v) is 2.79. The number of hydrogen-bond acceptors (Lipinski definition) is 4. The average Bonchev–Trinajstić information content (AvgIpc) is 2.68. The van der Waals surface area contributed by atoms with Crippen molar-refractivity contribution >= 4 is 5.91 Å². The second-order valence-corrected chi connectivity index (χ2v) is 4.93. The van der Waals surface area contributed by atoms with Crippen molar-refractivity contribution in [1.29, 1.82) is 0 Å². The summed E-state index contributed by atoms with van der Waals surface area (Å²) in [6.07, 6.45) is 1.95. The number of aryl methyl sites for hydroxylation is 2. The molecule has 1 saturated heterocycles. The SMILES string of the molecule is CNC1CCCN(C(C)c2c(C)noc2C)C1=O. The smallest absolute Gasteiger partial charge is 0.240 e. The molecule has 2 atom stereocenters. The number of rotatable bonds is 3. The van der Waals surface area contributed by atoms with Crippen LogP contribution in [-0.4, -0.2) is 35.6 Å². The zero-order valence-electron chi connectivity index (χ0n) is 11.5. The molecule has 2 unspecified atom stereocenters. The third-order valence-electron chi connectivity index (χ3n) is 3.80. The first-order valence-electron chi connectivity index (χ1n) is 6.46. The zero-order valence-corrected chi connectivity index (χ0v) is 11.5. The number of aromatic nitrogens is 1. The summed E-state index contributed by atoms with van der Waals surface area (Å²) < 4.78 is 5.19. The molecule has 1 aromatic rings. The molecule has 5 nitrogen and oxygen atoms in total. The van der Waals surface area contributed by atoms with E-state index in [1.54, 1.807) is 0 Å². The Morgan fingerprint density at radius 2 is 2.22 bits per heavy atom. The highest BCUT2D eigenvalue weighted by Crippen LogP contribution is 2.29. The normalized spacial score (nSPS) is 22.3. The van der Waals surface area contributed by atoms with Crippen molar-refractivity contribution in [2.75, 3.05) is 13.6 Å². The van der Waals surface area contributed by atoms with E-state index in [2.05, 4.69) is 10.5 Å². The maximum atomic E-state index is 12.3. The van der Waals surface area contributed by atoms with Gasteiger partial charge in [0.1, 0.15) is 5.76 Å². The first-order chi connectivity index (χ1) is 8.56. The zero-order chi connectivity index (χ0) is 13.3. The van der Waals surface area contributed by atoms with E-state index in [9.17, 15) is 4.79 Å². The Morgan fingerprint density at radius 3 is 2.78 bits per heavy atom. The predicted molar refractivity (Wildman–Crippen MR) is 68.2 cm³/mol. The molecule has 5 heteroatoms. The number of carbonyl (C=O) groups excluding carboxylic acids is 1. The monoisotopic (exact) mass is 251 g/mol. The van der Waals surface area contributed by atoms with Gasteiger partial charge in [-0.1, -0.05) is 5.16 Å². The molecule has 0 radical (unpaired) electrons. The average molecular weight is 251 g/mol. The van der Waals surface area contributed by atoms with Crippen molar-refractivity contribution in [2.45, 2.75) is 45.7 Å². The van der Waals surface area contributed by atoms with Gasteiger partial charge < -0.3 is 14.7 Å². The molecular formula is C13H21N3O2. The van der Waals surface area contributed by atoms with Crippen LogP contribution in [0.5, 0.6) is 0 Å². The van der Waals surface area contributed by atoms with Crippen molar-refractivity contribution in [3.63, 3.8) is 0 Å². The van der Waals surface area contributed by atoms with E-state index in [4.69, 9.17) is 4.52 Å². The molecule has 0 saturated carbocycles. The topological polar surface area (TPSA) is 58.4 Å². The van der Waals surface area contributed by atoms with Crippen LogP contribution < -0.4 is 5.32 Å². The molecule has 1 aromatic heterocycles. The Bertz CT molecular complexity index is 422. The summed E-state index contributed by atoms with van der Waals surface area (Å²) in [7, 11) is 1.84. The third-order valence-corrected chi connectivity index (χ3v) is 3.80. The number of amides is 1. The molecule has 100 valence electrons. The minimum atomic E-state index is -0.0540. The third kappa shape index (κ3) is 2.14. The van der Waals surface area contributed by atoms with Crippen LogP contribution in [0.2, 0.25) is 0 Å². The lowest BCUT2D eigenvalue weighted by molar-refractivity contribution is -0.138. The number of nitrogens with zero attached hydrogens (tertiary/aromatic N) is 2.